The van der Waals surface area contributed by atoms with Crippen molar-refractivity contribution in [1.29, 1.82) is 0 Å². The molecule has 1 amide bonds. The van der Waals surface area contributed by atoms with Gasteiger partial charge in [-0.15, -0.1) is 0 Å². The molecule has 1 aliphatic rings. The van der Waals surface area contributed by atoms with Crippen LogP contribution in [0.2, 0.25) is 0 Å². The van der Waals surface area contributed by atoms with Crippen LogP contribution in [0.15, 0.2) is 98.6 Å². The lowest BCUT2D eigenvalue weighted by molar-refractivity contribution is -0.122. The molecule has 4 rings (SSSR count). The predicted octanol–water partition coefficient (Wildman–Crippen LogP) is 6.47. The number of hydrogen-bond donors (Lipinski definition) is 0. The Balaban J connectivity index is 1.63. The van der Waals surface area contributed by atoms with Crippen LogP contribution in [0, 0.1) is 0 Å². The smallest absolute Gasteiger partial charge is 0.266 e. The SMILES string of the molecule is CCN1C(=O)/C(=C/c2ccccc2Sc2ccccc2)SC1=Nc1ccc(OC)cc1. The largest absolute Gasteiger partial charge is 0.497 e. The Labute approximate surface area is 191 Å². The highest BCUT2D eigenvalue weighted by Crippen LogP contribution is 2.37. The Hall–Kier alpha value is -2.96. The van der Waals surface area contributed by atoms with Crippen LogP contribution in [0.1, 0.15) is 12.5 Å². The first-order valence-corrected chi connectivity index (χ1v) is 11.6. The van der Waals surface area contributed by atoms with Crippen LogP contribution in [0.5, 0.6) is 5.75 Å². The molecule has 0 atom stereocenters. The van der Waals surface area contributed by atoms with Gasteiger partial charge >= 0.3 is 0 Å². The van der Waals surface area contributed by atoms with Gasteiger partial charge in [-0.3, -0.25) is 9.69 Å². The fourth-order valence-electron chi connectivity index (χ4n) is 3.09. The lowest BCUT2D eigenvalue weighted by Gasteiger charge is -2.12. The fourth-order valence-corrected chi connectivity index (χ4v) is 5.08. The van der Waals surface area contributed by atoms with Gasteiger partial charge in [0.25, 0.3) is 5.91 Å². The second-order valence-electron chi connectivity index (χ2n) is 6.71. The Morgan fingerprint density at radius 2 is 1.71 bits per heavy atom. The van der Waals surface area contributed by atoms with Crippen LogP contribution in [0.25, 0.3) is 6.08 Å². The van der Waals surface area contributed by atoms with Crippen LogP contribution in [-0.2, 0) is 4.79 Å². The molecule has 0 unspecified atom stereocenters. The zero-order valence-corrected chi connectivity index (χ0v) is 19.0. The van der Waals surface area contributed by atoms with E-state index in [0.29, 0.717) is 16.6 Å². The molecule has 156 valence electrons. The summed E-state index contributed by atoms with van der Waals surface area (Å²) in [6.45, 7) is 2.53. The Bertz CT molecular complexity index is 1130. The van der Waals surface area contributed by atoms with Gasteiger partial charge in [0.15, 0.2) is 5.17 Å². The molecule has 6 heteroatoms. The summed E-state index contributed by atoms with van der Waals surface area (Å²) in [6, 6.07) is 25.9. The number of methoxy groups -OCH3 is 1. The zero-order valence-electron chi connectivity index (χ0n) is 17.3. The van der Waals surface area contributed by atoms with Gasteiger partial charge in [-0.1, -0.05) is 48.2 Å². The molecule has 1 saturated heterocycles. The predicted molar refractivity (Wildman–Crippen MR) is 130 cm³/mol. The van der Waals surface area contributed by atoms with E-state index in [1.807, 2.05) is 73.7 Å². The molecular weight excluding hydrogens is 424 g/mol. The number of amidine groups is 1. The molecule has 0 spiro atoms. The van der Waals surface area contributed by atoms with E-state index in [1.54, 1.807) is 23.8 Å². The molecule has 0 saturated carbocycles. The number of benzene rings is 3. The third-order valence-electron chi connectivity index (χ3n) is 4.68. The van der Waals surface area contributed by atoms with E-state index in [2.05, 4.69) is 18.2 Å². The van der Waals surface area contributed by atoms with Crippen LogP contribution >= 0.6 is 23.5 Å². The molecule has 1 aliphatic heterocycles. The highest BCUT2D eigenvalue weighted by molar-refractivity contribution is 8.18. The van der Waals surface area contributed by atoms with Gasteiger partial charge in [-0.05, 0) is 72.8 Å². The molecule has 0 aromatic heterocycles. The summed E-state index contributed by atoms with van der Waals surface area (Å²) >= 11 is 3.10. The Morgan fingerprint density at radius 1 is 1.00 bits per heavy atom. The number of carbonyl (C=O) groups excluding carboxylic acids is 1. The summed E-state index contributed by atoms with van der Waals surface area (Å²) in [5.41, 5.74) is 1.81. The van der Waals surface area contributed by atoms with Gasteiger partial charge in [0.2, 0.25) is 0 Å². The topological polar surface area (TPSA) is 41.9 Å². The Morgan fingerprint density at radius 3 is 2.42 bits per heavy atom. The first-order valence-electron chi connectivity index (χ1n) is 9.94. The maximum absolute atomic E-state index is 13.0. The number of thioether (sulfide) groups is 1. The molecule has 0 aliphatic carbocycles. The number of carbonyl (C=O) groups is 1. The highest BCUT2D eigenvalue weighted by atomic mass is 32.2. The number of hydrogen-bond acceptors (Lipinski definition) is 5. The number of amides is 1. The van der Waals surface area contributed by atoms with Crippen molar-refractivity contribution < 1.29 is 9.53 Å². The number of rotatable bonds is 6. The van der Waals surface area contributed by atoms with E-state index in [0.717, 1.165) is 26.8 Å². The number of nitrogens with zero attached hydrogens (tertiary/aromatic N) is 2. The maximum Gasteiger partial charge on any atom is 0.266 e. The van der Waals surface area contributed by atoms with E-state index in [9.17, 15) is 4.79 Å². The van der Waals surface area contributed by atoms with Gasteiger partial charge in [0, 0.05) is 16.3 Å². The Kier molecular flexibility index (Phi) is 6.79. The summed E-state index contributed by atoms with van der Waals surface area (Å²) in [4.78, 5) is 22.4. The van der Waals surface area contributed by atoms with Gasteiger partial charge in [-0.25, -0.2) is 4.99 Å². The van der Waals surface area contributed by atoms with E-state index >= 15 is 0 Å². The second-order valence-corrected chi connectivity index (χ2v) is 8.83. The zero-order chi connectivity index (χ0) is 21.6. The average Bonchev–Trinajstić information content (AvgIpc) is 3.10. The third-order valence-corrected chi connectivity index (χ3v) is 6.78. The molecule has 31 heavy (non-hydrogen) atoms. The van der Waals surface area contributed by atoms with Gasteiger partial charge in [0.1, 0.15) is 5.75 Å². The van der Waals surface area contributed by atoms with E-state index in [1.165, 1.54) is 11.8 Å². The number of ether oxygens (including phenoxy) is 1. The van der Waals surface area contributed by atoms with E-state index in [4.69, 9.17) is 9.73 Å². The molecule has 1 heterocycles. The molecule has 1 fully saturated rings. The van der Waals surface area contributed by atoms with Crippen molar-refractivity contribution in [2.45, 2.75) is 16.7 Å². The van der Waals surface area contributed by atoms with Crippen molar-refractivity contribution >= 4 is 46.4 Å². The number of aliphatic imine (C=N–C) groups is 1. The van der Waals surface area contributed by atoms with Crippen molar-refractivity contribution in [3.63, 3.8) is 0 Å². The summed E-state index contributed by atoms with van der Waals surface area (Å²) < 4.78 is 5.21. The quantitative estimate of drug-likeness (QED) is 0.407. The van der Waals surface area contributed by atoms with Crippen LogP contribution in [0.4, 0.5) is 5.69 Å². The molecule has 3 aromatic rings. The summed E-state index contributed by atoms with van der Waals surface area (Å²) in [5.74, 6) is 0.763. The van der Waals surface area contributed by atoms with Gasteiger partial charge in [-0.2, -0.15) is 0 Å². The third kappa shape index (κ3) is 5.03. The number of likely N-dealkylation sites (N-methyl/N-ethyl adjacent to an activating group) is 1. The van der Waals surface area contributed by atoms with Crippen LogP contribution in [-0.4, -0.2) is 29.6 Å². The second kappa shape index (κ2) is 9.90. The first-order chi connectivity index (χ1) is 15.2. The summed E-state index contributed by atoms with van der Waals surface area (Å²) in [6.07, 6.45) is 1.97. The van der Waals surface area contributed by atoms with E-state index < -0.39 is 0 Å². The summed E-state index contributed by atoms with van der Waals surface area (Å²) in [5, 5.41) is 0.692. The van der Waals surface area contributed by atoms with Crippen molar-refractivity contribution in [3.8, 4) is 5.75 Å². The molecule has 0 radical (unpaired) electrons. The average molecular weight is 447 g/mol. The maximum atomic E-state index is 13.0. The van der Waals surface area contributed by atoms with Crippen molar-refractivity contribution in [3.05, 3.63) is 89.3 Å². The standard InChI is InChI=1S/C25H22N2O2S2/c1-3-27-24(28)23(31-25(27)26-19-13-15-20(29-2)16-14-19)17-18-9-7-8-12-22(18)30-21-10-5-4-6-11-21/h4-17H,3H2,1-2H3/b23-17-,26-25?. The monoisotopic (exact) mass is 446 g/mol. The van der Waals surface area contributed by atoms with Crippen LogP contribution < -0.4 is 4.74 Å². The van der Waals surface area contributed by atoms with E-state index in [-0.39, 0.29) is 5.91 Å². The molecule has 0 bridgehead atoms. The normalized spacial score (nSPS) is 16.3. The van der Waals surface area contributed by atoms with Crippen molar-refractivity contribution in [2.24, 2.45) is 4.99 Å². The van der Waals surface area contributed by atoms with Gasteiger partial charge < -0.3 is 4.74 Å². The van der Waals surface area contributed by atoms with Gasteiger partial charge in [0.05, 0.1) is 17.7 Å². The molecule has 4 nitrogen and oxygen atoms in total. The minimum Gasteiger partial charge on any atom is -0.497 e. The minimum absolute atomic E-state index is 0.0146. The lowest BCUT2D eigenvalue weighted by atomic mass is 10.2. The fraction of sp³-hybridized carbons (Fsp3) is 0.120. The molecule has 0 N–H and O–H groups in total. The first kappa shape index (κ1) is 21.3. The lowest BCUT2D eigenvalue weighted by Crippen LogP contribution is -2.28. The molecule has 3 aromatic carbocycles. The minimum atomic E-state index is -0.0146. The molecular formula is C25H22N2O2S2. The highest BCUT2D eigenvalue weighted by Gasteiger charge is 2.32. The van der Waals surface area contributed by atoms with Crippen molar-refractivity contribution in [1.82, 2.24) is 4.90 Å². The summed E-state index contributed by atoms with van der Waals surface area (Å²) in [7, 11) is 1.64. The van der Waals surface area contributed by atoms with Crippen molar-refractivity contribution in [2.75, 3.05) is 13.7 Å². The van der Waals surface area contributed by atoms with Crippen LogP contribution in [0.3, 0.4) is 0 Å².